The monoisotopic (exact) mass is 465 g/mol. The molecule has 0 radical (unpaired) electrons. The van der Waals surface area contributed by atoms with Crippen LogP contribution in [0, 0.1) is 17.0 Å². The first-order valence-electron chi connectivity index (χ1n) is 9.82. The molecule has 0 saturated carbocycles. The fourth-order valence-electron chi connectivity index (χ4n) is 3.35. The van der Waals surface area contributed by atoms with Crippen LogP contribution < -0.4 is 21.7 Å². The summed E-state index contributed by atoms with van der Waals surface area (Å²) in [4.78, 5) is 18.9. The van der Waals surface area contributed by atoms with E-state index in [2.05, 4.69) is 20.9 Å². The summed E-state index contributed by atoms with van der Waals surface area (Å²) in [6.07, 6.45) is 0.931. The van der Waals surface area contributed by atoms with E-state index >= 15 is 0 Å². The smallest absolute Gasteiger partial charge is 0.277 e. The number of ether oxygens (including phenoxy) is 1. The zero-order chi connectivity index (χ0) is 23.3. The lowest BCUT2D eigenvalue weighted by molar-refractivity contribution is 0.0838. The summed E-state index contributed by atoms with van der Waals surface area (Å²) in [5.41, 5.74) is 5.61. The molecule has 9 nitrogen and oxygen atoms in total. The van der Waals surface area contributed by atoms with Crippen LogP contribution >= 0.6 is 11.3 Å². The standard InChI is InChI=1S/C20H25F2N7O2S/c1-25-18(29-7-6-26-9-11(10-29)31-2)14(8-23)27-19(30)16-17(24)32-20(28-16)15-12(21)4-3-5-13(15)22/h3-5,8,11,23,25-26H,6-7,9-10,24H2,1-2H3,(H,27,30)/b18-14-,23-8?. The number of nitrogen functional groups attached to an aromatic ring is 1. The first-order valence-corrected chi connectivity index (χ1v) is 10.6. The zero-order valence-corrected chi connectivity index (χ0v) is 18.5. The molecule has 32 heavy (non-hydrogen) atoms. The molecule has 12 heteroatoms. The molecule has 1 unspecified atom stereocenters. The van der Waals surface area contributed by atoms with Crippen LogP contribution in [0.3, 0.4) is 0 Å². The van der Waals surface area contributed by atoms with Crippen molar-refractivity contribution in [3.63, 3.8) is 0 Å². The maximum absolute atomic E-state index is 14.1. The third-order valence-corrected chi connectivity index (χ3v) is 5.84. The molecule has 1 aliphatic heterocycles. The second kappa shape index (κ2) is 10.5. The van der Waals surface area contributed by atoms with E-state index in [1.807, 2.05) is 4.90 Å². The summed E-state index contributed by atoms with van der Waals surface area (Å²) < 4.78 is 33.7. The van der Waals surface area contributed by atoms with Crippen molar-refractivity contribution in [1.82, 2.24) is 25.8 Å². The molecule has 0 aliphatic carbocycles. The largest absolute Gasteiger partial charge is 0.389 e. The average Bonchev–Trinajstić information content (AvgIpc) is 3.00. The highest BCUT2D eigenvalue weighted by atomic mass is 32.1. The predicted molar refractivity (Wildman–Crippen MR) is 119 cm³/mol. The lowest BCUT2D eigenvalue weighted by Crippen LogP contribution is -2.40. The van der Waals surface area contributed by atoms with Gasteiger partial charge in [0.15, 0.2) is 5.69 Å². The van der Waals surface area contributed by atoms with Gasteiger partial charge < -0.3 is 36.7 Å². The Balaban J connectivity index is 1.89. The normalized spacial score (nSPS) is 17.4. The lowest BCUT2D eigenvalue weighted by Gasteiger charge is -2.29. The Hall–Kier alpha value is -3.09. The molecule has 0 bridgehead atoms. The Morgan fingerprint density at radius 1 is 1.44 bits per heavy atom. The number of nitrogens with two attached hydrogens (primary N) is 1. The summed E-state index contributed by atoms with van der Waals surface area (Å²) in [6.45, 7) is 2.54. The Morgan fingerprint density at radius 2 is 2.16 bits per heavy atom. The van der Waals surface area contributed by atoms with E-state index in [9.17, 15) is 13.6 Å². The molecule has 6 N–H and O–H groups in total. The number of aromatic nitrogens is 1. The van der Waals surface area contributed by atoms with Crippen LogP contribution in [0.2, 0.25) is 0 Å². The van der Waals surface area contributed by atoms with Gasteiger partial charge in [-0.25, -0.2) is 13.8 Å². The number of nitrogens with one attached hydrogen (secondary N) is 4. The van der Waals surface area contributed by atoms with Gasteiger partial charge in [-0.1, -0.05) is 17.4 Å². The number of carbonyl (C=O) groups excluding carboxylic acids is 1. The molecular weight excluding hydrogens is 440 g/mol. The van der Waals surface area contributed by atoms with Crippen LogP contribution in [0.5, 0.6) is 0 Å². The molecule has 172 valence electrons. The summed E-state index contributed by atoms with van der Waals surface area (Å²) in [6, 6.07) is 3.45. The van der Waals surface area contributed by atoms with Crippen molar-refractivity contribution in [3.8, 4) is 10.6 Å². The third-order valence-electron chi connectivity index (χ3n) is 4.93. The summed E-state index contributed by atoms with van der Waals surface area (Å²) >= 11 is 0.809. The minimum atomic E-state index is -0.800. The van der Waals surface area contributed by atoms with Crippen molar-refractivity contribution in [3.05, 3.63) is 47.0 Å². The van der Waals surface area contributed by atoms with Crippen LogP contribution in [-0.4, -0.2) is 68.4 Å². The molecule has 1 amide bonds. The van der Waals surface area contributed by atoms with E-state index in [4.69, 9.17) is 15.9 Å². The first-order chi connectivity index (χ1) is 15.4. The van der Waals surface area contributed by atoms with Crippen LogP contribution in [-0.2, 0) is 4.74 Å². The molecule has 1 aliphatic rings. The number of amides is 1. The Morgan fingerprint density at radius 3 is 2.78 bits per heavy atom. The van der Waals surface area contributed by atoms with Gasteiger partial charge in [-0.05, 0) is 12.1 Å². The molecule has 1 aromatic heterocycles. The van der Waals surface area contributed by atoms with Gasteiger partial charge in [-0.15, -0.1) is 0 Å². The second-order valence-electron chi connectivity index (χ2n) is 6.95. The average molecular weight is 466 g/mol. The summed E-state index contributed by atoms with van der Waals surface area (Å²) in [5, 5.41) is 16.7. The van der Waals surface area contributed by atoms with E-state index in [1.54, 1.807) is 14.2 Å². The molecule has 1 atom stereocenters. The maximum Gasteiger partial charge on any atom is 0.277 e. The topological polar surface area (TPSA) is 128 Å². The lowest BCUT2D eigenvalue weighted by atomic mass is 10.2. The number of halogens is 2. The van der Waals surface area contributed by atoms with Crippen LogP contribution in [0.15, 0.2) is 29.7 Å². The van der Waals surface area contributed by atoms with Crippen LogP contribution in [0.1, 0.15) is 10.5 Å². The van der Waals surface area contributed by atoms with Crippen molar-refractivity contribution in [2.45, 2.75) is 6.10 Å². The number of carbonyl (C=O) groups is 1. The van der Waals surface area contributed by atoms with Crippen molar-refractivity contribution in [2.24, 2.45) is 0 Å². The number of hydrogen-bond acceptors (Lipinski definition) is 9. The zero-order valence-electron chi connectivity index (χ0n) is 17.7. The molecule has 2 aromatic rings. The van der Waals surface area contributed by atoms with Crippen molar-refractivity contribution in [1.29, 1.82) is 5.41 Å². The van der Waals surface area contributed by atoms with Gasteiger partial charge in [0.2, 0.25) is 0 Å². The molecular formula is C20H25F2N7O2S. The molecule has 1 fully saturated rings. The minimum absolute atomic E-state index is 0.00825. The van der Waals surface area contributed by atoms with Gasteiger partial charge in [-0.3, -0.25) is 4.79 Å². The Bertz CT molecular complexity index is 1010. The van der Waals surface area contributed by atoms with Gasteiger partial charge in [0, 0.05) is 46.6 Å². The number of hydrogen-bond donors (Lipinski definition) is 5. The highest BCUT2D eigenvalue weighted by Crippen LogP contribution is 2.33. The van der Waals surface area contributed by atoms with E-state index < -0.39 is 17.5 Å². The SMILES string of the molecule is CN/C(=C(\C=N)NC(=O)c1nc(-c2c(F)cccc2F)sc1N)N1CCNCC(OC)C1. The summed E-state index contributed by atoms with van der Waals surface area (Å²) in [7, 11) is 3.31. The van der Waals surface area contributed by atoms with Gasteiger partial charge in [0.1, 0.15) is 27.5 Å². The molecule has 2 heterocycles. The van der Waals surface area contributed by atoms with Crippen molar-refractivity contribution >= 4 is 28.5 Å². The van der Waals surface area contributed by atoms with Gasteiger partial charge in [0.05, 0.1) is 17.4 Å². The highest BCUT2D eigenvalue weighted by molar-refractivity contribution is 7.19. The van der Waals surface area contributed by atoms with Crippen molar-refractivity contribution < 1.29 is 18.3 Å². The van der Waals surface area contributed by atoms with E-state index in [-0.39, 0.29) is 33.1 Å². The molecule has 3 rings (SSSR count). The van der Waals surface area contributed by atoms with Crippen LogP contribution in [0.4, 0.5) is 13.8 Å². The number of nitrogens with zero attached hydrogens (tertiary/aromatic N) is 2. The molecule has 1 aromatic carbocycles. The molecule has 1 saturated heterocycles. The van der Waals surface area contributed by atoms with Gasteiger partial charge >= 0.3 is 0 Å². The second-order valence-corrected chi connectivity index (χ2v) is 7.98. The predicted octanol–water partition coefficient (Wildman–Crippen LogP) is 1.36. The maximum atomic E-state index is 14.1. The van der Waals surface area contributed by atoms with E-state index in [0.29, 0.717) is 32.0 Å². The third kappa shape index (κ3) is 5.03. The Kier molecular flexibility index (Phi) is 7.72. The minimum Gasteiger partial charge on any atom is -0.389 e. The van der Waals surface area contributed by atoms with E-state index in [1.165, 1.54) is 6.07 Å². The van der Waals surface area contributed by atoms with Gasteiger partial charge in [-0.2, -0.15) is 0 Å². The number of methoxy groups -OCH3 is 1. The molecule has 0 spiro atoms. The van der Waals surface area contributed by atoms with Crippen molar-refractivity contribution in [2.75, 3.05) is 46.1 Å². The van der Waals surface area contributed by atoms with Gasteiger partial charge in [0.25, 0.3) is 5.91 Å². The number of anilines is 1. The number of allylic oxidation sites excluding steroid dienone is 1. The number of benzene rings is 1. The highest BCUT2D eigenvalue weighted by Gasteiger charge is 2.24. The first kappa shape index (κ1) is 23.6. The Labute approximate surface area is 188 Å². The number of thiazole rings is 1. The quantitative estimate of drug-likeness (QED) is 0.391. The summed E-state index contributed by atoms with van der Waals surface area (Å²) in [5.74, 6) is -1.77. The van der Waals surface area contributed by atoms with Crippen LogP contribution in [0.25, 0.3) is 10.6 Å². The van der Waals surface area contributed by atoms with E-state index in [0.717, 1.165) is 29.7 Å². The fraction of sp³-hybridized carbons (Fsp3) is 0.350. The fourth-order valence-corrected chi connectivity index (χ4v) is 4.23. The number of rotatable bonds is 7.